The highest BCUT2D eigenvalue weighted by Gasteiger charge is 2.38. The summed E-state index contributed by atoms with van der Waals surface area (Å²) in [4.78, 5) is 17.3. The van der Waals surface area contributed by atoms with E-state index in [-0.39, 0.29) is 5.92 Å². The number of amides is 1. The molecule has 1 N–H and O–H groups in total. The van der Waals surface area contributed by atoms with Crippen LogP contribution in [0.2, 0.25) is 0 Å². The van der Waals surface area contributed by atoms with Crippen LogP contribution in [-0.4, -0.2) is 61.0 Å². The number of piperidine rings is 1. The van der Waals surface area contributed by atoms with Gasteiger partial charge in [-0.25, -0.2) is 0 Å². The first-order valence-corrected chi connectivity index (χ1v) is 7.98. The summed E-state index contributed by atoms with van der Waals surface area (Å²) in [6, 6.07) is 1.03. The Balaban J connectivity index is 1.67. The van der Waals surface area contributed by atoms with Gasteiger partial charge in [-0.1, -0.05) is 0 Å². The van der Waals surface area contributed by atoms with E-state index >= 15 is 0 Å². The third-order valence-corrected chi connectivity index (χ3v) is 5.14. The molecule has 3 rings (SSSR count). The lowest BCUT2D eigenvalue weighted by Crippen LogP contribution is -2.54. The summed E-state index contributed by atoms with van der Waals surface area (Å²) < 4.78 is 0. The van der Waals surface area contributed by atoms with Crippen molar-refractivity contribution in [3.8, 4) is 0 Å². The van der Waals surface area contributed by atoms with Gasteiger partial charge in [0.25, 0.3) is 0 Å². The zero-order valence-electron chi connectivity index (χ0n) is 12.1. The SMILES string of the molecule is CN1CCC(C(=O)N2CCCCC2C2CCCN2)C1. The van der Waals surface area contributed by atoms with Crippen molar-refractivity contribution in [1.29, 1.82) is 0 Å². The second-order valence-electron chi connectivity index (χ2n) is 6.55. The summed E-state index contributed by atoms with van der Waals surface area (Å²) in [7, 11) is 2.12. The number of hydrogen-bond donors (Lipinski definition) is 1. The second kappa shape index (κ2) is 5.80. The molecule has 3 atom stereocenters. The van der Waals surface area contributed by atoms with Gasteiger partial charge in [0, 0.05) is 25.2 Å². The summed E-state index contributed by atoms with van der Waals surface area (Å²) in [5.74, 6) is 0.690. The van der Waals surface area contributed by atoms with E-state index in [1.54, 1.807) is 0 Å². The van der Waals surface area contributed by atoms with E-state index in [4.69, 9.17) is 0 Å². The number of likely N-dealkylation sites (tertiary alicyclic amines) is 2. The Morgan fingerprint density at radius 1 is 1.11 bits per heavy atom. The molecule has 4 heteroatoms. The van der Waals surface area contributed by atoms with E-state index < -0.39 is 0 Å². The van der Waals surface area contributed by atoms with Gasteiger partial charge in [-0.3, -0.25) is 4.79 Å². The highest BCUT2D eigenvalue weighted by atomic mass is 16.2. The topological polar surface area (TPSA) is 35.6 Å². The fourth-order valence-electron chi connectivity index (χ4n) is 4.06. The van der Waals surface area contributed by atoms with Crippen LogP contribution < -0.4 is 5.32 Å². The minimum absolute atomic E-state index is 0.256. The first-order chi connectivity index (χ1) is 9.25. The molecule has 3 aliphatic rings. The van der Waals surface area contributed by atoms with E-state index in [1.165, 1.54) is 32.1 Å². The molecule has 0 spiro atoms. The number of nitrogens with zero attached hydrogens (tertiary/aromatic N) is 2. The van der Waals surface area contributed by atoms with Crippen LogP contribution in [0.15, 0.2) is 0 Å². The Morgan fingerprint density at radius 3 is 2.68 bits per heavy atom. The molecule has 0 radical (unpaired) electrons. The second-order valence-corrected chi connectivity index (χ2v) is 6.55. The summed E-state index contributed by atoms with van der Waals surface area (Å²) in [5, 5.41) is 3.61. The van der Waals surface area contributed by atoms with Crippen molar-refractivity contribution >= 4 is 5.91 Å². The zero-order chi connectivity index (χ0) is 13.2. The molecule has 3 aliphatic heterocycles. The number of hydrogen-bond acceptors (Lipinski definition) is 3. The number of nitrogens with one attached hydrogen (secondary N) is 1. The minimum Gasteiger partial charge on any atom is -0.338 e. The van der Waals surface area contributed by atoms with Crippen LogP contribution in [0.3, 0.4) is 0 Å². The summed E-state index contributed by atoms with van der Waals surface area (Å²) in [6.45, 7) is 4.16. The van der Waals surface area contributed by atoms with Crippen molar-refractivity contribution in [2.45, 2.75) is 50.6 Å². The van der Waals surface area contributed by atoms with Gasteiger partial charge in [0.15, 0.2) is 0 Å². The molecule has 3 saturated heterocycles. The van der Waals surface area contributed by atoms with Gasteiger partial charge in [-0.15, -0.1) is 0 Å². The standard InChI is InChI=1S/C15H27N3O/c1-17-10-7-12(11-17)15(19)18-9-3-2-6-14(18)13-5-4-8-16-13/h12-14,16H,2-11H2,1H3. The van der Waals surface area contributed by atoms with Crippen molar-refractivity contribution in [3.05, 3.63) is 0 Å². The lowest BCUT2D eigenvalue weighted by Gasteiger charge is -2.40. The van der Waals surface area contributed by atoms with Crippen LogP contribution in [-0.2, 0) is 4.79 Å². The Kier molecular flexibility index (Phi) is 4.08. The van der Waals surface area contributed by atoms with Crippen molar-refractivity contribution in [2.24, 2.45) is 5.92 Å². The van der Waals surface area contributed by atoms with Crippen LogP contribution >= 0.6 is 0 Å². The predicted octanol–water partition coefficient (Wildman–Crippen LogP) is 1.07. The van der Waals surface area contributed by atoms with Crippen LogP contribution in [0.4, 0.5) is 0 Å². The van der Waals surface area contributed by atoms with Crippen molar-refractivity contribution in [1.82, 2.24) is 15.1 Å². The average Bonchev–Trinajstić information content (AvgIpc) is 3.09. The van der Waals surface area contributed by atoms with Crippen LogP contribution in [0.5, 0.6) is 0 Å². The summed E-state index contributed by atoms with van der Waals surface area (Å²) in [5.41, 5.74) is 0. The highest BCUT2D eigenvalue weighted by molar-refractivity contribution is 5.80. The smallest absolute Gasteiger partial charge is 0.227 e. The maximum atomic E-state index is 12.8. The van der Waals surface area contributed by atoms with E-state index in [2.05, 4.69) is 22.2 Å². The van der Waals surface area contributed by atoms with Crippen molar-refractivity contribution < 1.29 is 4.79 Å². The first-order valence-electron chi connectivity index (χ1n) is 7.98. The maximum Gasteiger partial charge on any atom is 0.227 e. The number of carbonyl (C=O) groups excluding carboxylic acids is 1. The Bertz CT molecular complexity index is 327. The highest BCUT2D eigenvalue weighted by Crippen LogP contribution is 2.27. The monoisotopic (exact) mass is 265 g/mol. The third kappa shape index (κ3) is 2.79. The van der Waals surface area contributed by atoms with Crippen molar-refractivity contribution in [3.63, 3.8) is 0 Å². The first kappa shape index (κ1) is 13.4. The zero-order valence-corrected chi connectivity index (χ0v) is 12.1. The third-order valence-electron chi connectivity index (χ3n) is 5.14. The van der Waals surface area contributed by atoms with Crippen LogP contribution in [0, 0.1) is 5.92 Å². The molecular formula is C15H27N3O. The van der Waals surface area contributed by atoms with Gasteiger partial charge in [-0.05, 0) is 58.7 Å². The molecule has 0 aliphatic carbocycles. The molecule has 0 aromatic heterocycles. The molecule has 0 aromatic carbocycles. The number of carbonyl (C=O) groups is 1. The van der Waals surface area contributed by atoms with Crippen molar-refractivity contribution in [2.75, 3.05) is 33.2 Å². The molecule has 0 aromatic rings. The number of rotatable bonds is 2. The van der Waals surface area contributed by atoms with Gasteiger partial charge in [0.1, 0.15) is 0 Å². The van der Waals surface area contributed by atoms with E-state index in [1.807, 2.05) is 0 Å². The molecule has 1 amide bonds. The average molecular weight is 265 g/mol. The van der Waals surface area contributed by atoms with E-state index in [0.717, 1.165) is 32.6 Å². The van der Waals surface area contributed by atoms with Crippen LogP contribution in [0.1, 0.15) is 38.5 Å². The molecule has 0 bridgehead atoms. The van der Waals surface area contributed by atoms with Gasteiger partial charge < -0.3 is 15.1 Å². The Hall–Kier alpha value is -0.610. The lowest BCUT2D eigenvalue weighted by atomic mass is 9.92. The summed E-state index contributed by atoms with van der Waals surface area (Å²) in [6.07, 6.45) is 7.26. The van der Waals surface area contributed by atoms with E-state index in [0.29, 0.717) is 18.0 Å². The molecular weight excluding hydrogens is 238 g/mol. The molecule has 108 valence electrons. The molecule has 4 nitrogen and oxygen atoms in total. The maximum absolute atomic E-state index is 12.8. The molecule has 19 heavy (non-hydrogen) atoms. The van der Waals surface area contributed by atoms with Gasteiger partial charge in [-0.2, -0.15) is 0 Å². The lowest BCUT2D eigenvalue weighted by molar-refractivity contribution is -0.139. The normalized spacial score (nSPS) is 36.9. The molecule has 3 heterocycles. The Labute approximate surface area is 116 Å². The van der Waals surface area contributed by atoms with E-state index in [9.17, 15) is 4.79 Å². The van der Waals surface area contributed by atoms with Crippen LogP contribution in [0.25, 0.3) is 0 Å². The fourth-order valence-corrected chi connectivity index (χ4v) is 4.06. The molecule has 0 saturated carbocycles. The fraction of sp³-hybridized carbons (Fsp3) is 0.933. The predicted molar refractivity (Wildman–Crippen MR) is 76.0 cm³/mol. The Morgan fingerprint density at radius 2 is 2.00 bits per heavy atom. The molecule has 3 fully saturated rings. The van der Waals surface area contributed by atoms with Gasteiger partial charge in [0.05, 0.1) is 5.92 Å². The molecule has 3 unspecified atom stereocenters. The largest absolute Gasteiger partial charge is 0.338 e. The van der Waals surface area contributed by atoms with Gasteiger partial charge in [0.2, 0.25) is 5.91 Å². The minimum atomic E-state index is 0.256. The summed E-state index contributed by atoms with van der Waals surface area (Å²) >= 11 is 0. The van der Waals surface area contributed by atoms with Gasteiger partial charge >= 0.3 is 0 Å². The quantitative estimate of drug-likeness (QED) is 0.811.